The lowest BCUT2D eigenvalue weighted by molar-refractivity contribution is 0.0912. The van der Waals surface area contributed by atoms with Gasteiger partial charge < -0.3 is 15.2 Å². The van der Waals surface area contributed by atoms with E-state index in [2.05, 4.69) is 27.9 Å². The summed E-state index contributed by atoms with van der Waals surface area (Å²) in [6.07, 6.45) is 0.655. The standard InChI is InChI=1S/C12H15ClINO3/c1-3-7(6-16)15-12(17)8-4-9(13)10(14)5-11(8)18-2/h4-5,7,16H,3,6H2,1-2H3,(H,15,17)/t7-/m0/s1. The van der Waals surface area contributed by atoms with Crippen molar-refractivity contribution < 1.29 is 14.6 Å². The number of hydrogen-bond donors (Lipinski definition) is 2. The van der Waals surface area contributed by atoms with Crippen molar-refractivity contribution in [3.8, 4) is 5.75 Å². The molecule has 1 amide bonds. The molecular weight excluding hydrogens is 368 g/mol. The Morgan fingerprint density at radius 2 is 2.28 bits per heavy atom. The molecule has 1 aromatic rings. The van der Waals surface area contributed by atoms with Crippen molar-refractivity contribution in [2.24, 2.45) is 0 Å². The highest BCUT2D eigenvalue weighted by molar-refractivity contribution is 14.1. The molecule has 1 atom stereocenters. The van der Waals surface area contributed by atoms with Crippen LogP contribution >= 0.6 is 34.2 Å². The van der Waals surface area contributed by atoms with E-state index in [9.17, 15) is 4.79 Å². The van der Waals surface area contributed by atoms with Crippen LogP contribution in [0.1, 0.15) is 23.7 Å². The van der Waals surface area contributed by atoms with E-state index in [1.54, 1.807) is 12.1 Å². The van der Waals surface area contributed by atoms with Crippen LogP contribution in [-0.2, 0) is 0 Å². The van der Waals surface area contributed by atoms with Crippen molar-refractivity contribution in [1.29, 1.82) is 0 Å². The Labute approximate surface area is 125 Å². The molecule has 0 aliphatic rings. The number of aliphatic hydroxyl groups excluding tert-OH is 1. The van der Waals surface area contributed by atoms with Gasteiger partial charge in [0.05, 0.1) is 30.3 Å². The van der Waals surface area contributed by atoms with E-state index in [0.717, 1.165) is 3.57 Å². The fourth-order valence-electron chi connectivity index (χ4n) is 1.41. The highest BCUT2D eigenvalue weighted by atomic mass is 127. The lowest BCUT2D eigenvalue weighted by atomic mass is 10.1. The largest absolute Gasteiger partial charge is 0.496 e. The summed E-state index contributed by atoms with van der Waals surface area (Å²) < 4.78 is 5.98. The first-order valence-electron chi connectivity index (χ1n) is 5.48. The first-order chi connectivity index (χ1) is 8.53. The van der Waals surface area contributed by atoms with Crippen LogP contribution < -0.4 is 10.1 Å². The number of rotatable bonds is 5. The minimum absolute atomic E-state index is 0.0946. The molecule has 0 bridgehead atoms. The van der Waals surface area contributed by atoms with Gasteiger partial charge in [0.2, 0.25) is 0 Å². The van der Waals surface area contributed by atoms with Gasteiger partial charge in [-0.05, 0) is 41.1 Å². The molecule has 0 aliphatic carbocycles. The Hall–Kier alpha value is -0.530. The second kappa shape index (κ2) is 7.16. The van der Waals surface area contributed by atoms with Gasteiger partial charge in [-0.15, -0.1) is 0 Å². The Balaban J connectivity index is 3.01. The number of carbonyl (C=O) groups excluding carboxylic acids is 1. The Morgan fingerprint density at radius 1 is 1.61 bits per heavy atom. The smallest absolute Gasteiger partial charge is 0.255 e. The number of aliphatic hydroxyl groups is 1. The molecular formula is C12H15ClINO3. The Bertz CT molecular complexity index is 436. The van der Waals surface area contributed by atoms with Crippen molar-refractivity contribution in [3.63, 3.8) is 0 Å². The molecule has 0 saturated carbocycles. The van der Waals surface area contributed by atoms with Crippen LogP contribution in [0.3, 0.4) is 0 Å². The number of methoxy groups -OCH3 is 1. The van der Waals surface area contributed by atoms with Crippen molar-refractivity contribution in [3.05, 3.63) is 26.3 Å². The number of nitrogens with one attached hydrogen (secondary N) is 1. The molecule has 0 aromatic heterocycles. The third-order valence-corrected chi connectivity index (χ3v) is 4.06. The van der Waals surface area contributed by atoms with Gasteiger partial charge in [-0.25, -0.2) is 0 Å². The Morgan fingerprint density at radius 3 is 2.78 bits per heavy atom. The lowest BCUT2D eigenvalue weighted by Crippen LogP contribution is -2.37. The molecule has 2 N–H and O–H groups in total. The number of halogens is 2. The zero-order chi connectivity index (χ0) is 13.7. The summed E-state index contributed by atoms with van der Waals surface area (Å²) in [5.41, 5.74) is 0.370. The van der Waals surface area contributed by atoms with E-state index in [0.29, 0.717) is 22.8 Å². The van der Waals surface area contributed by atoms with E-state index in [1.807, 2.05) is 6.92 Å². The molecule has 6 heteroatoms. The predicted octanol–water partition coefficient (Wildman–Crippen LogP) is 2.45. The van der Waals surface area contributed by atoms with Gasteiger partial charge in [0, 0.05) is 3.57 Å². The minimum atomic E-state index is -0.300. The first kappa shape index (κ1) is 15.5. The molecule has 1 rings (SSSR count). The molecule has 4 nitrogen and oxygen atoms in total. The number of ether oxygens (including phenoxy) is 1. The first-order valence-corrected chi connectivity index (χ1v) is 6.93. The predicted molar refractivity (Wildman–Crippen MR) is 79.4 cm³/mol. The molecule has 1 aromatic carbocycles. The summed E-state index contributed by atoms with van der Waals surface area (Å²) in [7, 11) is 1.50. The summed E-state index contributed by atoms with van der Waals surface area (Å²) in [5.74, 6) is 0.167. The van der Waals surface area contributed by atoms with Crippen molar-refractivity contribution in [2.45, 2.75) is 19.4 Å². The van der Waals surface area contributed by atoms with E-state index in [1.165, 1.54) is 7.11 Å². The van der Waals surface area contributed by atoms with Gasteiger partial charge in [0.25, 0.3) is 5.91 Å². The van der Waals surface area contributed by atoms with Crippen molar-refractivity contribution in [1.82, 2.24) is 5.32 Å². The molecule has 0 saturated heterocycles. The monoisotopic (exact) mass is 383 g/mol. The summed E-state index contributed by atoms with van der Waals surface area (Å²) >= 11 is 8.07. The van der Waals surface area contributed by atoms with Crippen LogP contribution in [0.15, 0.2) is 12.1 Å². The fourth-order valence-corrected chi connectivity index (χ4v) is 2.02. The second-order valence-electron chi connectivity index (χ2n) is 3.73. The van der Waals surface area contributed by atoms with Crippen LogP contribution in [0.2, 0.25) is 5.02 Å². The maximum Gasteiger partial charge on any atom is 0.255 e. The topological polar surface area (TPSA) is 58.6 Å². The SMILES string of the molecule is CC[C@@H](CO)NC(=O)c1cc(Cl)c(I)cc1OC. The van der Waals surface area contributed by atoms with Gasteiger partial charge in [0.15, 0.2) is 0 Å². The molecule has 18 heavy (non-hydrogen) atoms. The fraction of sp³-hybridized carbons (Fsp3) is 0.417. The van der Waals surface area contributed by atoms with Crippen LogP contribution in [0, 0.1) is 3.57 Å². The quantitative estimate of drug-likeness (QED) is 0.768. The molecule has 100 valence electrons. The average Bonchev–Trinajstić information content (AvgIpc) is 2.38. The maximum absolute atomic E-state index is 12.1. The third-order valence-electron chi connectivity index (χ3n) is 2.54. The van der Waals surface area contributed by atoms with E-state index < -0.39 is 0 Å². The lowest BCUT2D eigenvalue weighted by Gasteiger charge is -2.16. The number of carbonyl (C=O) groups is 1. The molecule has 0 unspecified atom stereocenters. The number of benzene rings is 1. The third kappa shape index (κ3) is 3.73. The highest BCUT2D eigenvalue weighted by Gasteiger charge is 2.17. The number of amides is 1. The zero-order valence-electron chi connectivity index (χ0n) is 10.2. The summed E-state index contributed by atoms with van der Waals surface area (Å²) in [6, 6.07) is 3.01. The van der Waals surface area contributed by atoms with Gasteiger partial charge in [-0.1, -0.05) is 18.5 Å². The summed E-state index contributed by atoms with van der Waals surface area (Å²) in [5, 5.41) is 12.3. The summed E-state index contributed by atoms with van der Waals surface area (Å²) in [4.78, 5) is 12.1. The van der Waals surface area contributed by atoms with E-state index in [4.69, 9.17) is 21.4 Å². The zero-order valence-corrected chi connectivity index (χ0v) is 13.1. The maximum atomic E-state index is 12.1. The van der Waals surface area contributed by atoms with Crippen molar-refractivity contribution >= 4 is 40.1 Å². The summed E-state index contributed by atoms with van der Waals surface area (Å²) in [6.45, 7) is 1.79. The minimum Gasteiger partial charge on any atom is -0.496 e. The van der Waals surface area contributed by atoms with Gasteiger partial charge in [-0.2, -0.15) is 0 Å². The van der Waals surface area contributed by atoms with Crippen LogP contribution in [0.5, 0.6) is 5.75 Å². The molecule has 0 fully saturated rings. The highest BCUT2D eigenvalue weighted by Crippen LogP contribution is 2.28. The van der Waals surface area contributed by atoms with Crippen LogP contribution in [-0.4, -0.2) is 30.8 Å². The molecule has 0 radical (unpaired) electrons. The van der Waals surface area contributed by atoms with Gasteiger partial charge in [-0.3, -0.25) is 4.79 Å². The normalized spacial score (nSPS) is 12.1. The van der Waals surface area contributed by atoms with Gasteiger partial charge in [0.1, 0.15) is 5.75 Å². The van der Waals surface area contributed by atoms with Crippen LogP contribution in [0.4, 0.5) is 0 Å². The number of hydrogen-bond acceptors (Lipinski definition) is 3. The van der Waals surface area contributed by atoms with Crippen molar-refractivity contribution in [2.75, 3.05) is 13.7 Å². The second-order valence-corrected chi connectivity index (χ2v) is 5.30. The van der Waals surface area contributed by atoms with Crippen LogP contribution in [0.25, 0.3) is 0 Å². The average molecular weight is 384 g/mol. The molecule has 0 aliphatic heterocycles. The molecule has 0 heterocycles. The van der Waals surface area contributed by atoms with E-state index in [-0.39, 0.29) is 18.6 Å². The van der Waals surface area contributed by atoms with E-state index >= 15 is 0 Å². The van der Waals surface area contributed by atoms with Gasteiger partial charge >= 0.3 is 0 Å². The molecule has 0 spiro atoms. The Kier molecular flexibility index (Phi) is 6.17.